The smallest absolute Gasteiger partial charge is 0.328 e. The minimum atomic E-state index is -0.922. The van der Waals surface area contributed by atoms with Crippen molar-refractivity contribution >= 4 is 5.97 Å². The first-order valence-electron chi connectivity index (χ1n) is 3.50. The molecule has 0 atom stereocenters. The predicted octanol–water partition coefficient (Wildman–Crippen LogP) is 2.15. The van der Waals surface area contributed by atoms with E-state index in [-0.39, 0.29) is 0 Å². The molecular weight excluding hydrogens is 140 g/mol. The summed E-state index contributed by atoms with van der Waals surface area (Å²) in [5.41, 5.74) is 0. The van der Waals surface area contributed by atoms with E-state index in [2.05, 4.69) is 0 Å². The summed E-state index contributed by atoms with van der Waals surface area (Å²) in [5, 5.41) is 8.18. The number of allylic oxidation sites excluding steroid dienone is 5. The first-order valence-corrected chi connectivity index (χ1v) is 3.50. The van der Waals surface area contributed by atoms with Crippen molar-refractivity contribution < 1.29 is 9.90 Å². The molecule has 2 heteroatoms. The molecule has 0 fully saturated rings. The maximum absolute atomic E-state index is 9.95. The van der Waals surface area contributed by atoms with Crippen LogP contribution in [0.25, 0.3) is 0 Å². The molecule has 0 aliphatic rings. The normalized spacial score (nSPS) is 12.1. The van der Waals surface area contributed by atoms with Gasteiger partial charge < -0.3 is 5.11 Å². The van der Waals surface area contributed by atoms with Crippen LogP contribution in [0.3, 0.4) is 0 Å². The van der Waals surface area contributed by atoms with Gasteiger partial charge in [-0.3, -0.25) is 0 Å². The van der Waals surface area contributed by atoms with E-state index in [0.29, 0.717) is 0 Å². The predicted molar refractivity (Wildman–Crippen MR) is 45.3 cm³/mol. The van der Waals surface area contributed by atoms with Gasteiger partial charge >= 0.3 is 5.97 Å². The van der Waals surface area contributed by atoms with Crippen molar-refractivity contribution in [2.24, 2.45) is 0 Å². The maximum atomic E-state index is 9.95. The Morgan fingerprint density at radius 1 is 1.27 bits per heavy atom. The highest BCUT2D eigenvalue weighted by molar-refractivity contribution is 5.80. The fourth-order valence-electron chi connectivity index (χ4n) is 0.481. The molecule has 0 bridgehead atoms. The molecule has 1 N–H and O–H groups in total. The van der Waals surface area contributed by atoms with Crippen LogP contribution in [0.2, 0.25) is 0 Å². The van der Waals surface area contributed by atoms with Gasteiger partial charge in [0.1, 0.15) is 0 Å². The third kappa shape index (κ3) is 8.69. The summed E-state index contributed by atoms with van der Waals surface area (Å²) >= 11 is 0. The lowest BCUT2D eigenvalue weighted by Crippen LogP contribution is -1.84. The summed E-state index contributed by atoms with van der Waals surface area (Å²) in [5.74, 6) is -0.922. The zero-order chi connectivity index (χ0) is 8.53. The molecule has 0 saturated heterocycles. The van der Waals surface area contributed by atoms with Gasteiger partial charge in [0, 0.05) is 6.08 Å². The molecular formula is C9H12O2. The minimum absolute atomic E-state index is 0.922. The molecule has 0 aromatic heterocycles. The van der Waals surface area contributed by atoms with E-state index in [4.69, 9.17) is 5.11 Å². The van der Waals surface area contributed by atoms with Crippen LogP contribution in [-0.4, -0.2) is 11.1 Å². The highest BCUT2D eigenvalue weighted by Crippen LogP contribution is 1.82. The molecule has 60 valence electrons. The van der Waals surface area contributed by atoms with Gasteiger partial charge in [-0.2, -0.15) is 0 Å². The number of hydrogen-bond donors (Lipinski definition) is 1. The van der Waals surface area contributed by atoms with Gasteiger partial charge in [-0.05, 0) is 6.42 Å². The Morgan fingerprint density at radius 3 is 2.45 bits per heavy atom. The van der Waals surface area contributed by atoms with E-state index in [9.17, 15) is 4.79 Å². The Labute approximate surface area is 66.5 Å². The van der Waals surface area contributed by atoms with Crippen molar-refractivity contribution in [2.75, 3.05) is 0 Å². The van der Waals surface area contributed by atoms with Crippen molar-refractivity contribution in [3.8, 4) is 0 Å². The molecule has 0 amide bonds. The third-order valence-corrected chi connectivity index (χ3v) is 0.944. The topological polar surface area (TPSA) is 37.3 Å². The van der Waals surface area contributed by atoms with Gasteiger partial charge in [-0.25, -0.2) is 4.79 Å². The largest absolute Gasteiger partial charge is 0.478 e. The van der Waals surface area contributed by atoms with Crippen LogP contribution in [-0.2, 0) is 4.79 Å². The van der Waals surface area contributed by atoms with Crippen molar-refractivity contribution in [1.29, 1.82) is 0 Å². The van der Waals surface area contributed by atoms with Crippen molar-refractivity contribution in [3.05, 3.63) is 36.5 Å². The van der Waals surface area contributed by atoms with Gasteiger partial charge in [0.15, 0.2) is 0 Å². The van der Waals surface area contributed by atoms with E-state index < -0.39 is 5.97 Å². The molecule has 11 heavy (non-hydrogen) atoms. The minimum Gasteiger partial charge on any atom is -0.478 e. The van der Waals surface area contributed by atoms with Crippen LogP contribution >= 0.6 is 0 Å². The number of rotatable bonds is 4. The lowest BCUT2D eigenvalue weighted by atomic mass is 10.3. The van der Waals surface area contributed by atoms with E-state index in [1.807, 2.05) is 19.1 Å². The van der Waals surface area contributed by atoms with Crippen LogP contribution in [0.1, 0.15) is 13.3 Å². The Hall–Kier alpha value is -1.31. The standard InChI is InChI=1S/C9H12O2/c1-2-3-4-5-6-7-8-9(10)11/h3-8H,2H2,1H3,(H,10,11). The summed E-state index contributed by atoms with van der Waals surface area (Å²) in [4.78, 5) is 9.95. The van der Waals surface area contributed by atoms with Gasteiger partial charge in [0.05, 0.1) is 0 Å². The van der Waals surface area contributed by atoms with Gasteiger partial charge in [0.2, 0.25) is 0 Å². The number of carbonyl (C=O) groups is 1. The van der Waals surface area contributed by atoms with Crippen LogP contribution in [0.4, 0.5) is 0 Å². The number of carboxylic acid groups (broad SMARTS) is 1. The van der Waals surface area contributed by atoms with Crippen molar-refractivity contribution in [1.82, 2.24) is 0 Å². The Kier molecular flexibility index (Phi) is 5.99. The third-order valence-electron chi connectivity index (χ3n) is 0.944. The lowest BCUT2D eigenvalue weighted by Gasteiger charge is -1.75. The number of carboxylic acids is 1. The molecule has 0 aromatic carbocycles. The summed E-state index contributed by atoms with van der Waals surface area (Å²) in [6, 6.07) is 0. The maximum Gasteiger partial charge on any atom is 0.328 e. The van der Waals surface area contributed by atoms with Gasteiger partial charge in [0.25, 0.3) is 0 Å². The van der Waals surface area contributed by atoms with E-state index in [1.165, 1.54) is 6.08 Å². The Balaban J connectivity index is 3.60. The zero-order valence-corrected chi connectivity index (χ0v) is 6.53. The zero-order valence-electron chi connectivity index (χ0n) is 6.53. The second-order valence-electron chi connectivity index (χ2n) is 1.92. The number of aliphatic carboxylic acids is 1. The lowest BCUT2D eigenvalue weighted by molar-refractivity contribution is -0.131. The summed E-state index contributed by atoms with van der Waals surface area (Å²) < 4.78 is 0. The molecule has 0 aliphatic carbocycles. The summed E-state index contributed by atoms with van der Waals surface area (Å²) in [7, 11) is 0. The quantitative estimate of drug-likeness (QED) is 0.495. The molecule has 0 aromatic rings. The fourth-order valence-corrected chi connectivity index (χ4v) is 0.481. The SMILES string of the molecule is CCC=CC=CC=CC(=O)O. The Bertz CT molecular complexity index is 188. The molecule has 0 rings (SSSR count). The number of hydrogen-bond acceptors (Lipinski definition) is 1. The average molecular weight is 152 g/mol. The molecule has 0 spiro atoms. The van der Waals surface area contributed by atoms with Gasteiger partial charge in [-0.15, -0.1) is 0 Å². The molecule has 0 heterocycles. The highest BCUT2D eigenvalue weighted by atomic mass is 16.4. The van der Waals surface area contributed by atoms with Crippen molar-refractivity contribution in [3.63, 3.8) is 0 Å². The average Bonchev–Trinajstić information content (AvgIpc) is 1.96. The molecule has 0 radical (unpaired) electrons. The van der Waals surface area contributed by atoms with E-state index in [0.717, 1.165) is 12.5 Å². The second kappa shape index (κ2) is 6.81. The highest BCUT2D eigenvalue weighted by Gasteiger charge is 1.78. The van der Waals surface area contributed by atoms with E-state index >= 15 is 0 Å². The molecule has 0 saturated carbocycles. The fraction of sp³-hybridized carbons (Fsp3) is 0.222. The molecule has 0 aliphatic heterocycles. The van der Waals surface area contributed by atoms with E-state index in [1.54, 1.807) is 12.2 Å². The Morgan fingerprint density at radius 2 is 1.91 bits per heavy atom. The summed E-state index contributed by atoms with van der Waals surface area (Å²) in [6.07, 6.45) is 10.9. The van der Waals surface area contributed by atoms with Crippen molar-refractivity contribution in [2.45, 2.75) is 13.3 Å². The first-order chi connectivity index (χ1) is 5.27. The first kappa shape index (κ1) is 9.69. The van der Waals surface area contributed by atoms with Crippen LogP contribution in [0.5, 0.6) is 0 Å². The molecule has 2 nitrogen and oxygen atoms in total. The second-order valence-corrected chi connectivity index (χ2v) is 1.92. The van der Waals surface area contributed by atoms with Crippen LogP contribution in [0, 0.1) is 0 Å². The van der Waals surface area contributed by atoms with Crippen LogP contribution < -0.4 is 0 Å². The molecule has 0 unspecified atom stereocenters. The van der Waals surface area contributed by atoms with Gasteiger partial charge in [-0.1, -0.05) is 37.3 Å². The van der Waals surface area contributed by atoms with Crippen LogP contribution in [0.15, 0.2) is 36.5 Å². The monoisotopic (exact) mass is 152 g/mol. The summed E-state index contributed by atoms with van der Waals surface area (Å²) in [6.45, 7) is 2.04.